The second-order valence-corrected chi connectivity index (χ2v) is 9.37. The maximum absolute atomic E-state index is 12.7. The maximum Gasteiger partial charge on any atom is 0.261 e. The number of rotatable bonds is 6. The smallest absolute Gasteiger partial charge is 0.261 e. The van der Waals surface area contributed by atoms with Crippen LogP contribution < -0.4 is 10.1 Å². The first kappa shape index (κ1) is 18.8. The van der Waals surface area contributed by atoms with Crippen LogP contribution in [0.4, 0.5) is 5.13 Å². The SMILES string of the molecule is COc1ccc(S(=O)(=O)C[C@H]2CCOC2)cc1C(=O)Nc1ncc(C)s1. The van der Waals surface area contributed by atoms with Gasteiger partial charge in [0, 0.05) is 17.7 Å². The van der Waals surface area contributed by atoms with Gasteiger partial charge in [-0.1, -0.05) is 0 Å². The Hall–Kier alpha value is -1.97. The van der Waals surface area contributed by atoms with Crippen molar-refractivity contribution in [1.82, 2.24) is 4.98 Å². The normalized spacial score (nSPS) is 17.2. The van der Waals surface area contributed by atoms with E-state index in [0.717, 1.165) is 11.3 Å². The van der Waals surface area contributed by atoms with E-state index < -0.39 is 15.7 Å². The van der Waals surface area contributed by atoms with Gasteiger partial charge in [0.1, 0.15) is 5.75 Å². The molecule has 0 bridgehead atoms. The second kappa shape index (κ2) is 7.73. The van der Waals surface area contributed by atoms with E-state index in [4.69, 9.17) is 9.47 Å². The highest BCUT2D eigenvalue weighted by Crippen LogP contribution is 2.27. The fraction of sp³-hybridized carbons (Fsp3) is 0.412. The molecule has 0 aliphatic carbocycles. The largest absolute Gasteiger partial charge is 0.496 e. The van der Waals surface area contributed by atoms with Gasteiger partial charge < -0.3 is 9.47 Å². The lowest BCUT2D eigenvalue weighted by atomic mass is 10.2. The van der Waals surface area contributed by atoms with Gasteiger partial charge in [0.15, 0.2) is 15.0 Å². The topological polar surface area (TPSA) is 94.6 Å². The Kier molecular flexibility index (Phi) is 5.59. The summed E-state index contributed by atoms with van der Waals surface area (Å²) in [6.45, 7) is 2.92. The van der Waals surface area contributed by atoms with Crippen molar-refractivity contribution in [3.8, 4) is 5.75 Å². The third kappa shape index (κ3) is 4.22. The predicted molar refractivity (Wildman–Crippen MR) is 98.8 cm³/mol. The number of amides is 1. The number of aromatic nitrogens is 1. The van der Waals surface area contributed by atoms with E-state index >= 15 is 0 Å². The lowest BCUT2D eigenvalue weighted by molar-refractivity contribution is 0.102. The summed E-state index contributed by atoms with van der Waals surface area (Å²) in [6, 6.07) is 4.33. The maximum atomic E-state index is 12.7. The van der Waals surface area contributed by atoms with Crippen molar-refractivity contribution in [3.05, 3.63) is 34.8 Å². The monoisotopic (exact) mass is 396 g/mol. The molecule has 26 heavy (non-hydrogen) atoms. The number of sulfone groups is 1. The Morgan fingerprint density at radius 1 is 1.46 bits per heavy atom. The zero-order valence-corrected chi connectivity index (χ0v) is 16.2. The number of aryl methyl sites for hydroxylation is 1. The summed E-state index contributed by atoms with van der Waals surface area (Å²) in [5, 5.41) is 3.13. The number of thiazole rings is 1. The van der Waals surface area contributed by atoms with E-state index in [0.29, 0.717) is 24.1 Å². The van der Waals surface area contributed by atoms with Crippen LogP contribution in [0, 0.1) is 12.8 Å². The van der Waals surface area contributed by atoms with Gasteiger partial charge in [-0.25, -0.2) is 13.4 Å². The number of nitrogens with zero attached hydrogens (tertiary/aromatic N) is 1. The van der Waals surface area contributed by atoms with Crippen molar-refractivity contribution in [2.75, 3.05) is 31.4 Å². The van der Waals surface area contributed by atoms with E-state index in [1.807, 2.05) is 6.92 Å². The minimum atomic E-state index is -3.52. The van der Waals surface area contributed by atoms with Gasteiger partial charge in [-0.2, -0.15) is 0 Å². The molecule has 140 valence electrons. The average Bonchev–Trinajstić information content (AvgIpc) is 3.25. The van der Waals surface area contributed by atoms with Gasteiger partial charge in [0.05, 0.1) is 29.9 Å². The van der Waals surface area contributed by atoms with Crippen LogP contribution in [-0.4, -0.2) is 45.4 Å². The molecule has 1 amide bonds. The molecule has 1 aromatic heterocycles. The number of carbonyl (C=O) groups excluding carboxylic acids is 1. The highest BCUT2D eigenvalue weighted by molar-refractivity contribution is 7.91. The molecule has 1 saturated heterocycles. The van der Waals surface area contributed by atoms with E-state index in [1.54, 1.807) is 6.20 Å². The zero-order chi connectivity index (χ0) is 18.7. The molecule has 0 unspecified atom stereocenters. The lowest BCUT2D eigenvalue weighted by Gasteiger charge is -2.12. The molecule has 7 nitrogen and oxygen atoms in total. The summed E-state index contributed by atoms with van der Waals surface area (Å²) in [5.41, 5.74) is 0.157. The summed E-state index contributed by atoms with van der Waals surface area (Å²) in [7, 11) is -2.09. The molecule has 2 aromatic rings. The van der Waals surface area contributed by atoms with Gasteiger partial charge >= 0.3 is 0 Å². The van der Waals surface area contributed by atoms with Crippen molar-refractivity contribution < 1.29 is 22.7 Å². The molecule has 1 aliphatic heterocycles. The predicted octanol–water partition coefficient (Wildman–Crippen LogP) is 2.52. The summed E-state index contributed by atoms with van der Waals surface area (Å²) in [5.74, 6) is -0.166. The van der Waals surface area contributed by atoms with Crippen molar-refractivity contribution in [1.29, 1.82) is 0 Å². The molecule has 1 aromatic carbocycles. The minimum Gasteiger partial charge on any atom is -0.496 e. The molecule has 2 heterocycles. The highest BCUT2D eigenvalue weighted by Gasteiger charge is 2.26. The van der Waals surface area contributed by atoms with Crippen LogP contribution in [0.5, 0.6) is 5.75 Å². The number of carbonyl (C=O) groups is 1. The van der Waals surface area contributed by atoms with Crippen molar-refractivity contribution in [3.63, 3.8) is 0 Å². The summed E-state index contributed by atoms with van der Waals surface area (Å²) >= 11 is 1.34. The lowest BCUT2D eigenvalue weighted by Crippen LogP contribution is -2.18. The first-order valence-corrected chi connectivity index (χ1v) is 10.6. The molecule has 9 heteroatoms. The molecule has 0 spiro atoms. The van der Waals surface area contributed by atoms with E-state index in [9.17, 15) is 13.2 Å². The molecule has 0 saturated carbocycles. The Labute approximate surface area is 156 Å². The van der Waals surface area contributed by atoms with Gasteiger partial charge in [0.25, 0.3) is 5.91 Å². The van der Waals surface area contributed by atoms with Crippen LogP contribution in [0.2, 0.25) is 0 Å². The summed E-state index contributed by atoms with van der Waals surface area (Å²) in [6.07, 6.45) is 2.38. The molecule has 3 rings (SSSR count). The van der Waals surface area contributed by atoms with Crippen molar-refractivity contribution >= 4 is 32.2 Å². The minimum absolute atomic E-state index is 0.00601. The number of ether oxygens (including phenoxy) is 2. The Morgan fingerprint density at radius 2 is 2.27 bits per heavy atom. The number of anilines is 1. The van der Waals surface area contributed by atoms with Crippen LogP contribution >= 0.6 is 11.3 Å². The van der Waals surface area contributed by atoms with Crippen LogP contribution in [-0.2, 0) is 14.6 Å². The van der Waals surface area contributed by atoms with Gasteiger partial charge in [-0.15, -0.1) is 11.3 Å². The zero-order valence-electron chi connectivity index (χ0n) is 14.5. The van der Waals surface area contributed by atoms with Gasteiger partial charge in [0.2, 0.25) is 0 Å². The van der Waals surface area contributed by atoms with E-state index in [-0.39, 0.29) is 22.1 Å². The van der Waals surface area contributed by atoms with Crippen molar-refractivity contribution in [2.45, 2.75) is 18.2 Å². The highest BCUT2D eigenvalue weighted by atomic mass is 32.2. The number of benzene rings is 1. The summed E-state index contributed by atoms with van der Waals surface area (Å²) < 4.78 is 35.8. The number of methoxy groups -OCH3 is 1. The van der Waals surface area contributed by atoms with Crippen LogP contribution in [0.1, 0.15) is 21.7 Å². The number of hydrogen-bond donors (Lipinski definition) is 1. The molecule has 0 radical (unpaired) electrons. The molecular formula is C17H20N2O5S2. The van der Waals surface area contributed by atoms with Crippen LogP contribution in [0.3, 0.4) is 0 Å². The van der Waals surface area contributed by atoms with Gasteiger partial charge in [-0.05, 0) is 37.5 Å². The number of hydrogen-bond acceptors (Lipinski definition) is 7. The molecule has 1 atom stereocenters. The third-order valence-corrected chi connectivity index (χ3v) is 6.81. The average molecular weight is 396 g/mol. The van der Waals surface area contributed by atoms with Crippen LogP contribution in [0.25, 0.3) is 0 Å². The standard InChI is InChI=1S/C17H20N2O5S2/c1-11-8-18-17(25-11)19-16(20)14-7-13(3-4-15(14)23-2)26(21,22)10-12-5-6-24-9-12/h3-4,7-8,12H,5-6,9-10H2,1-2H3,(H,18,19,20)/t12-/m0/s1. The first-order valence-electron chi connectivity index (χ1n) is 8.11. The van der Waals surface area contributed by atoms with Crippen molar-refractivity contribution in [2.24, 2.45) is 5.92 Å². The number of nitrogens with one attached hydrogen (secondary N) is 1. The Bertz CT molecular complexity index is 902. The fourth-order valence-electron chi connectivity index (χ4n) is 2.76. The molecule has 1 fully saturated rings. The molecule has 1 N–H and O–H groups in total. The Balaban J connectivity index is 1.86. The van der Waals surface area contributed by atoms with Gasteiger partial charge in [-0.3, -0.25) is 10.1 Å². The molecular weight excluding hydrogens is 376 g/mol. The third-order valence-electron chi connectivity index (χ3n) is 4.10. The first-order chi connectivity index (χ1) is 12.4. The fourth-order valence-corrected chi connectivity index (χ4v) is 5.06. The summed E-state index contributed by atoms with van der Waals surface area (Å²) in [4.78, 5) is 17.7. The second-order valence-electron chi connectivity index (χ2n) is 6.10. The van der Waals surface area contributed by atoms with E-state index in [1.165, 1.54) is 36.6 Å². The van der Waals surface area contributed by atoms with E-state index in [2.05, 4.69) is 10.3 Å². The molecule has 1 aliphatic rings. The Morgan fingerprint density at radius 3 is 2.88 bits per heavy atom. The quantitative estimate of drug-likeness (QED) is 0.806. The van der Waals surface area contributed by atoms with Crippen LogP contribution in [0.15, 0.2) is 29.3 Å².